The van der Waals surface area contributed by atoms with Crippen LogP contribution in [-0.2, 0) is 16.1 Å². The first-order valence-corrected chi connectivity index (χ1v) is 9.52. The number of alkyl halides is 3. The highest BCUT2D eigenvalue weighted by Gasteiger charge is 2.40. The highest BCUT2D eigenvalue weighted by molar-refractivity contribution is 5.83. The molecule has 0 aromatic heterocycles. The minimum atomic E-state index is -4.64. The maximum absolute atomic E-state index is 13.1. The first-order valence-electron chi connectivity index (χ1n) is 9.52. The van der Waals surface area contributed by atoms with Gasteiger partial charge in [0, 0.05) is 30.6 Å². The van der Waals surface area contributed by atoms with E-state index in [0.717, 1.165) is 12.8 Å². The van der Waals surface area contributed by atoms with Crippen LogP contribution in [-0.4, -0.2) is 52.3 Å². The first kappa shape index (κ1) is 21.1. The van der Waals surface area contributed by atoms with Crippen LogP contribution in [0.1, 0.15) is 31.2 Å². The van der Waals surface area contributed by atoms with Crippen molar-refractivity contribution in [2.24, 2.45) is 11.8 Å². The number of halogens is 3. The Labute approximate surface area is 165 Å². The molecule has 1 aromatic rings. The second-order valence-electron chi connectivity index (χ2n) is 7.59. The SMILES string of the molecule is O=C(C1CC1)N1CCCC(C(=O)N(Cc2ccccc2[N+](=O)[O-])CC(F)(F)F)C1. The van der Waals surface area contributed by atoms with Crippen molar-refractivity contribution in [1.82, 2.24) is 9.80 Å². The largest absolute Gasteiger partial charge is 0.406 e. The van der Waals surface area contributed by atoms with Crippen molar-refractivity contribution in [3.05, 3.63) is 39.9 Å². The van der Waals surface area contributed by atoms with Gasteiger partial charge in [-0.2, -0.15) is 13.2 Å². The topological polar surface area (TPSA) is 83.8 Å². The number of piperidine rings is 1. The zero-order chi connectivity index (χ0) is 21.2. The van der Waals surface area contributed by atoms with E-state index in [2.05, 4.69) is 0 Å². The van der Waals surface area contributed by atoms with E-state index in [1.807, 2.05) is 0 Å². The predicted octanol–water partition coefficient (Wildman–Crippen LogP) is 3.13. The van der Waals surface area contributed by atoms with Gasteiger partial charge in [0.25, 0.3) is 5.69 Å². The summed E-state index contributed by atoms with van der Waals surface area (Å²) in [5, 5.41) is 11.2. The average molecular weight is 413 g/mol. The molecule has 0 spiro atoms. The van der Waals surface area contributed by atoms with Gasteiger partial charge >= 0.3 is 6.18 Å². The van der Waals surface area contributed by atoms with E-state index in [9.17, 15) is 32.9 Å². The van der Waals surface area contributed by atoms with E-state index in [0.29, 0.717) is 24.3 Å². The number of rotatable bonds is 6. The summed E-state index contributed by atoms with van der Waals surface area (Å²) in [5.41, 5.74) is -0.293. The molecule has 0 bridgehead atoms. The van der Waals surface area contributed by atoms with Gasteiger partial charge in [-0.1, -0.05) is 18.2 Å². The van der Waals surface area contributed by atoms with Crippen LogP contribution in [0.15, 0.2) is 24.3 Å². The molecule has 2 amide bonds. The van der Waals surface area contributed by atoms with Gasteiger partial charge in [-0.15, -0.1) is 0 Å². The number of carbonyl (C=O) groups is 2. The number of hydrogen-bond acceptors (Lipinski definition) is 4. The standard InChI is InChI=1S/C19H22F3N3O4/c20-19(21,22)12-24(10-14-4-1-2-6-16(14)25(28)29)18(27)15-5-3-9-23(11-15)17(26)13-7-8-13/h1-2,4,6,13,15H,3,5,7-12H2. The second-order valence-corrected chi connectivity index (χ2v) is 7.59. The summed E-state index contributed by atoms with van der Waals surface area (Å²) in [7, 11) is 0. The molecule has 0 radical (unpaired) electrons. The van der Waals surface area contributed by atoms with E-state index in [-0.39, 0.29) is 29.6 Å². The number of likely N-dealkylation sites (tertiary alicyclic amines) is 1. The highest BCUT2D eigenvalue weighted by atomic mass is 19.4. The fourth-order valence-corrected chi connectivity index (χ4v) is 3.68. The number of nitrogens with zero attached hydrogens (tertiary/aromatic N) is 3. The molecular formula is C19H22F3N3O4. The lowest BCUT2D eigenvalue weighted by atomic mass is 9.95. The third-order valence-electron chi connectivity index (χ3n) is 5.24. The molecule has 1 aliphatic heterocycles. The minimum Gasteiger partial charge on any atom is -0.342 e. The number of para-hydroxylation sites is 1. The Kier molecular flexibility index (Phi) is 6.09. The maximum atomic E-state index is 13.1. The molecule has 1 saturated carbocycles. The average Bonchev–Trinajstić information content (AvgIpc) is 3.51. The lowest BCUT2D eigenvalue weighted by Gasteiger charge is -2.35. The first-order chi connectivity index (χ1) is 13.7. The van der Waals surface area contributed by atoms with Gasteiger partial charge in [0.1, 0.15) is 6.54 Å². The molecule has 1 aliphatic carbocycles. The van der Waals surface area contributed by atoms with E-state index in [1.165, 1.54) is 24.3 Å². The van der Waals surface area contributed by atoms with E-state index in [1.54, 1.807) is 4.90 Å². The Morgan fingerprint density at radius 3 is 2.48 bits per heavy atom. The van der Waals surface area contributed by atoms with Crippen molar-refractivity contribution in [3.8, 4) is 0 Å². The van der Waals surface area contributed by atoms with Crippen molar-refractivity contribution >= 4 is 17.5 Å². The van der Waals surface area contributed by atoms with Gasteiger partial charge in [0.15, 0.2) is 0 Å². The van der Waals surface area contributed by atoms with Crippen molar-refractivity contribution in [1.29, 1.82) is 0 Å². The molecule has 1 unspecified atom stereocenters. The molecule has 7 nitrogen and oxygen atoms in total. The molecule has 1 atom stereocenters. The fourth-order valence-electron chi connectivity index (χ4n) is 3.68. The smallest absolute Gasteiger partial charge is 0.342 e. The summed E-state index contributed by atoms with van der Waals surface area (Å²) in [6.45, 7) is -1.41. The summed E-state index contributed by atoms with van der Waals surface area (Å²) in [6, 6.07) is 5.44. The van der Waals surface area contributed by atoms with E-state index < -0.39 is 36.0 Å². The number of nitro benzene ring substituents is 1. The van der Waals surface area contributed by atoms with Crippen molar-refractivity contribution in [2.45, 2.75) is 38.4 Å². The van der Waals surface area contributed by atoms with E-state index in [4.69, 9.17) is 0 Å². The van der Waals surface area contributed by atoms with Gasteiger partial charge in [-0.25, -0.2) is 0 Å². The van der Waals surface area contributed by atoms with E-state index >= 15 is 0 Å². The molecule has 2 fully saturated rings. The molecule has 158 valence electrons. The molecule has 3 rings (SSSR count). The summed E-state index contributed by atoms with van der Waals surface area (Å²) < 4.78 is 39.4. The van der Waals surface area contributed by atoms with Crippen LogP contribution >= 0.6 is 0 Å². The number of nitro groups is 1. The van der Waals surface area contributed by atoms with Crippen LogP contribution < -0.4 is 0 Å². The molecular weight excluding hydrogens is 391 g/mol. The Balaban J connectivity index is 1.78. The van der Waals surface area contributed by atoms with Crippen LogP contribution in [0.25, 0.3) is 0 Å². The highest BCUT2D eigenvalue weighted by Crippen LogP contribution is 2.33. The Bertz CT molecular complexity index is 795. The van der Waals surface area contributed by atoms with Crippen molar-refractivity contribution in [3.63, 3.8) is 0 Å². The second kappa shape index (κ2) is 8.38. The number of benzene rings is 1. The molecule has 2 aliphatic rings. The summed E-state index contributed by atoms with van der Waals surface area (Å²) >= 11 is 0. The molecule has 10 heteroatoms. The number of hydrogen-bond donors (Lipinski definition) is 0. The zero-order valence-corrected chi connectivity index (χ0v) is 15.7. The minimum absolute atomic E-state index is 0.0258. The molecule has 29 heavy (non-hydrogen) atoms. The normalized spacial score (nSPS) is 19.7. The summed E-state index contributed by atoms with van der Waals surface area (Å²) in [5.74, 6) is -1.53. The van der Waals surface area contributed by atoms with Gasteiger partial charge in [-0.05, 0) is 25.7 Å². The third kappa shape index (κ3) is 5.45. The monoisotopic (exact) mass is 413 g/mol. The zero-order valence-electron chi connectivity index (χ0n) is 15.7. The maximum Gasteiger partial charge on any atom is 0.406 e. The van der Waals surface area contributed by atoms with Crippen LogP contribution in [0, 0.1) is 22.0 Å². The number of amides is 2. The molecule has 1 heterocycles. The predicted molar refractivity (Wildman–Crippen MR) is 96.6 cm³/mol. The Hall–Kier alpha value is -2.65. The van der Waals surface area contributed by atoms with Gasteiger partial charge < -0.3 is 9.80 Å². The van der Waals surface area contributed by atoms with Gasteiger partial charge in [-0.3, -0.25) is 19.7 Å². The molecule has 1 aromatic carbocycles. The Morgan fingerprint density at radius 1 is 1.17 bits per heavy atom. The van der Waals surface area contributed by atoms with Crippen molar-refractivity contribution < 1.29 is 27.7 Å². The quantitative estimate of drug-likeness (QED) is 0.530. The van der Waals surface area contributed by atoms with Crippen LogP contribution in [0.5, 0.6) is 0 Å². The lowest BCUT2D eigenvalue weighted by molar-refractivity contribution is -0.385. The fraction of sp³-hybridized carbons (Fsp3) is 0.579. The van der Waals surface area contributed by atoms with Crippen molar-refractivity contribution in [2.75, 3.05) is 19.6 Å². The summed E-state index contributed by atoms with van der Waals surface area (Å²) in [6.07, 6.45) is -2.09. The Morgan fingerprint density at radius 2 is 1.86 bits per heavy atom. The lowest BCUT2D eigenvalue weighted by Crippen LogP contribution is -2.48. The summed E-state index contributed by atoms with van der Waals surface area (Å²) in [4.78, 5) is 37.9. The number of carbonyl (C=O) groups excluding carboxylic acids is 2. The van der Waals surface area contributed by atoms with Crippen LogP contribution in [0.4, 0.5) is 18.9 Å². The molecule has 1 saturated heterocycles. The van der Waals surface area contributed by atoms with Gasteiger partial charge in [0.2, 0.25) is 11.8 Å². The van der Waals surface area contributed by atoms with Crippen LogP contribution in [0.3, 0.4) is 0 Å². The van der Waals surface area contributed by atoms with Crippen LogP contribution in [0.2, 0.25) is 0 Å². The third-order valence-corrected chi connectivity index (χ3v) is 5.24. The molecule has 0 N–H and O–H groups in total. The van der Waals surface area contributed by atoms with Gasteiger partial charge in [0.05, 0.1) is 17.4 Å².